The van der Waals surface area contributed by atoms with Crippen LogP contribution in [0.1, 0.15) is 53.7 Å². The van der Waals surface area contributed by atoms with Crippen LogP contribution < -0.4 is 5.32 Å². The van der Waals surface area contributed by atoms with Gasteiger partial charge >= 0.3 is 0 Å². The molecule has 0 saturated heterocycles. The third kappa shape index (κ3) is 3.56. The molecule has 1 aromatic carbocycles. The van der Waals surface area contributed by atoms with Crippen LogP contribution in [-0.4, -0.2) is 6.54 Å². The second-order valence-electron chi connectivity index (χ2n) is 5.74. The van der Waals surface area contributed by atoms with Crippen molar-refractivity contribution in [3.8, 4) is 0 Å². The van der Waals surface area contributed by atoms with E-state index < -0.39 is 0 Å². The molecule has 2 rings (SSSR count). The standard InChI is InChI=1S/C19H27NO/c1-6-16-8-10-17(11-9-16)12-18(20-7-2)19-13(3)14(4)21-15(19)5/h8-11,18,20H,6-7,12H2,1-5H3. The van der Waals surface area contributed by atoms with Gasteiger partial charge in [0, 0.05) is 11.6 Å². The highest BCUT2D eigenvalue weighted by Gasteiger charge is 2.20. The highest BCUT2D eigenvalue weighted by Crippen LogP contribution is 2.29. The molecule has 0 fully saturated rings. The molecule has 2 aromatic rings. The molecule has 0 amide bonds. The molecule has 1 heterocycles. The first kappa shape index (κ1) is 15.8. The van der Waals surface area contributed by atoms with Crippen molar-refractivity contribution in [2.75, 3.05) is 6.54 Å². The van der Waals surface area contributed by atoms with Gasteiger partial charge < -0.3 is 9.73 Å². The van der Waals surface area contributed by atoms with Gasteiger partial charge in [0.15, 0.2) is 0 Å². The first-order chi connectivity index (χ1) is 10.1. The van der Waals surface area contributed by atoms with Crippen LogP contribution in [-0.2, 0) is 12.8 Å². The minimum atomic E-state index is 0.319. The third-order valence-corrected chi connectivity index (χ3v) is 4.29. The van der Waals surface area contributed by atoms with Gasteiger partial charge in [0.2, 0.25) is 0 Å². The molecule has 0 aliphatic rings. The van der Waals surface area contributed by atoms with Crippen LogP contribution in [0.15, 0.2) is 28.7 Å². The van der Waals surface area contributed by atoms with E-state index >= 15 is 0 Å². The number of hydrogen-bond acceptors (Lipinski definition) is 2. The Kier molecular flexibility index (Phi) is 5.24. The summed E-state index contributed by atoms with van der Waals surface area (Å²) in [5, 5.41) is 3.61. The fourth-order valence-electron chi connectivity index (χ4n) is 2.99. The zero-order valence-corrected chi connectivity index (χ0v) is 13.9. The first-order valence-corrected chi connectivity index (χ1v) is 7.94. The highest BCUT2D eigenvalue weighted by atomic mass is 16.3. The van der Waals surface area contributed by atoms with Gasteiger partial charge in [-0.2, -0.15) is 0 Å². The van der Waals surface area contributed by atoms with Crippen molar-refractivity contribution in [2.45, 2.75) is 53.5 Å². The third-order valence-electron chi connectivity index (χ3n) is 4.29. The van der Waals surface area contributed by atoms with E-state index in [0.29, 0.717) is 6.04 Å². The summed E-state index contributed by atoms with van der Waals surface area (Å²) in [4.78, 5) is 0. The maximum Gasteiger partial charge on any atom is 0.106 e. The van der Waals surface area contributed by atoms with Crippen LogP contribution in [0.4, 0.5) is 0 Å². The van der Waals surface area contributed by atoms with E-state index in [1.807, 2.05) is 6.92 Å². The Morgan fingerprint density at radius 2 is 1.57 bits per heavy atom. The van der Waals surface area contributed by atoms with E-state index in [-0.39, 0.29) is 0 Å². The maximum atomic E-state index is 5.81. The van der Waals surface area contributed by atoms with E-state index in [1.54, 1.807) is 0 Å². The Balaban J connectivity index is 2.26. The molecule has 1 atom stereocenters. The number of hydrogen-bond donors (Lipinski definition) is 1. The average molecular weight is 285 g/mol. The van der Waals surface area contributed by atoms with Crippen molar-refractivity contribution >= 4 is 0 Å². The van der Waals surface area contributed by atoms with E-state index in [1.165, 1.54) is 22.3 Å². The van der Waals surface area contributed by atoms with Crippen LogP contribution in [0, 0.1) is 20.8 Å². The Hall–Kier alpha value is -1.54. The van der Waals surface area contributed by atoms with E-state index in [0.717, 1.165) is 30.9 Å². The molecule has 0 bridgehead atoms. The van der Waals surface area contributed by atoms with Crippen molar-refractivity contribution < 1.29 is 4.42 Å². The lowest BCUT2D eigenvalue weighted by atomic mass is 9.95. The lowest BCUT2D eigenvalue weighted by molar-refractivity contribution is 0.484. The summed E-state index contributed by atoms with van der Waals surface area (Å²) in [5.41, 5.74) is 5.37. The number of likely N-dealkylation sites (N-methyl/N-ethyl adjacent to an activating group) is 1. The lowest BCUT2D eigenvalue weighted by Crippen LogP contribution is -2.24. The molecule has 2 nitrogen and oxygen atoms in total. The zero-order valence-electron chi connectivity index (χ0n) is 13.9. The largest absolute Gasteiger partial charge is 0.466 e. The van der Waals surface area contributed by atoms with Crippen LogP contribution in [0.3, 0.4) is 0 Å². The molecule has 0 radical (unpaired) electrons. The van der Waals surface area contributed by atoms with E-state index in [2.05, 4.69) is 57.3 Å². The summed E-state index contributed by atoms with van der Waals surface area (Å²) < 4.78 is 5.81. The van der Waals surface area contributed by atoms with Crippen molar-refractivity contribution in [1.29, 1.82) is 0 Å². The topological polar surface area (TPSA) is 25.2 Å². The molecule has 1 unspecified atom stereocenters. The predicted molar refractivity (Wildman–Crippen MR) is 88.9 cm³/mol. The molecule has 0 spiro atoms. The highest BCUT2D eigenvalue weighted by molar-refractivity contribution is 5.36. The fourth-order valence-corrected chi connectivity index (χ4v) is 2.99. The summed E-state index contributed by atoms with van der Waals surface area (Å²) in [6.07, 6.45) is 2.09. The molecule has 2 heteroatoms. The van der Waals surface area contributed by atoms with Gasteiger partial charge in [0.1, 0.15) is 11.5 Å². The SMILES string of the molecule is CCNC(Cc1ccc(CC)cc1)c1c(C)oc(C)c1C. The molecule has 0 aliphatic carbocycles. The monoisotopic (exact) mass is 285 g/mol. The van der Waals surface area contributed by atoms with Crippen LogP contribution in [0.25, 0.3) is 0 Å². The first-order valence-electron chi connectivity index (χ1n) is 7.94. The van der Waals surface area contributed by atoms with Crippen molar-refractivity contribution in [3.63, 3.8) is 0 Å². The minimum absolute atomic E-state index is 0.319. The van der Waals surface area contributed by atoms with Crippen molar-refractivity contribution in [1.82, 2.24) is 5.32 Å². The summed E-state index contributed by atoms with van der Waals surface area (Å²) in [6.45, 7) is 11.6. The van der Waals surface area contributed by atoms with Crippen LogP contribution >= 0.6 is 0 Å². The Bertz CT molecular complexity index is 580. The summed E-state index contributed by atoms with van der Waals surface area (Å²) >= 11 is 0. The maximum absolute atomic E-state index is 5.81. The normalized spacial score (nSPS) is 12.6. The molecule has 1 N–H and O–H groups in total. The molecule has 114 valence electrons. The Morgan fingerprint density at radius 1 is 0.952 bits per heavy atom. The minimum Gasteiger partial charge on any atom is -0.466 e. The van der Waals surface area contributed by atoms with Gasteiger partial charge in [0.25, 0.3) is 0 Å². The summed E-state index contributed by atoms with van der Waals surface area (Å²) in [5.74, 6) is 2.08. The Morgan fingerprint density at radius 3 is 2.05 bits per heavy atom. The van der Waals surface area contributed by atoms with Gasteiger partial charge in [0.05, 0.1) is 0 Å². The van der Waals surface area contributed by atoms with Crippen LogP contribution in [0.2, 0.25) is 0 Å². The zero-order chi connectivity index (χ0) is 15.4. The Labute approximate surface area is 128 Å². The van der Waals surface area contributed by atoms with Crippen molar-refractivity contribution in [3.05, 3.63) is 58.0 Å². The van der Waals surface area contributed by atoms with Crippen molar-refractivity contribution in [2.24, 2.45) is 0 Å². The smallest absolute Gasteiger partial charge is 0.106 e. The molecule has 1 aromatic heterocycles. The fraction of sp³-hybridized carbons (Fsp3) is 0.474. The van der Waals surface area contributed by atoms with Gasteiger partial charge in [-0.3, -0.25) is 0 Å². The van der Waals surface area contributed by atoms with Gasteiger partial charge in [-0.05, 0) is 56.8 Å². The van der Waals surface area contributed by atoms with Gasteiger partial charge in [-0.25, -0.2) is 0 Å². The van der Waals surface area contributed by atoms with Crippen LogP contribution in [0.5, 0.6) is 0 Å². The molecular formula is C19H27NO. The van der Waals surface area contributed by atoms with Gasteiger partial charge in [-0.15, -0.1) is 0 Å². The number of aryl methyl sites for hydroxylation is 3. The second-order valence-corrected chi connectivity index (χ2v) is 5.74. The van der Waals surface area contributed by atoms with E-state index in [4.69, 9.17) is 4.42 Å². The number of benzene rings is 1. The molecule has 0 saturated carbocycles. The summed E-state index contributed by atoms with van der Waals surface area (Å²) in [6, 6.07) is 9.29. The quantitative estimate of drug-likeness (QED) is 0.835. The molecule has 21 heavy (non-hydrogen) atoms. The second kappa shape index (κ2) is 6.95. The number of furan rings is 1. The van der Waals surface area contributed by atoms with Gasteiger partial charge in [-0.1, -0.05) is 38.1 Å². The lowest BCUT2D eigenvalue weighted by Gasteiger charge is -2.19. The number of rotatable bonds is 6. The number of nitrogens with one attached hydrogen (secondary N) is 1. The molecule has 0 aliphatic heterocycles. The predicted octanol–water partition coefficient (Wildman–Crippen LogP) is 4.66. The molecular weight excluding hydrogens is 258 g/mol. The average Bonchev–Trinajstić information content (AvgIpc) is 2.72. The van der Waals surface area contributed by atoms with E-state index in [9.17, 15) is 0 Å². The summed E-state index contributed by atoms with van der Waals surface area (Å²) in [7, 11) is 0.